The lowest BCUT2D eigenvalue weighted by atomic mass is 9.97. The highest BCUT2D eigenvalue weighted by Crippen LogP contribution is 2.28. The van der Waals surface area contributed by atoms with Gasteiger partial charge in [-0.05, 0) is 79.7 Å². The fourth-order valence-corrected chi connectivity index (χ4v) is 5.21. The maximum Gasteiger partial charge on any atom is 0.261 e. The number of likely N-dealkylation sites (tertiary alicyclic amines) is 1. The normalized spacial score (nSPS) is 16.3. The smallest absolute Gasteiger partial charge is 0.261 e. The summed E-state index contributed by atoms with van der Waals surface area (Å²) in [6, 6.07) is 21.9. The van der Waals surface area contributed by atoms with Gasteiger partial charge in [-0.15, -0.1) is 12.4 Å². The maximum absolute atomic E-state index is 14.0. The molecule has 0 aliphatic carbocycles. The molecule has 3 aromatic carbocycles. The number of rotatable bonds is 5. The second-order valence-corrected chi connectivity index (χ2v) is 9.74. The third-order valence-corrected chi connectivity index (χ3v) is 7.26. The van der Waals surface area contributed by atoms with Crippen LogP contribution in [-0.2, 0) is 6.54 Å². The van der Waals surface area contributed by atoms with Crippen LogP contribution in [0.25, 0.3) is 33.4 Å². The summed E-state index contributed by atoms with van der Waals surface area (Å²) in [5, 5.41) is 1.36. The predicted molar refractivity (Wildman–Crippen MR) is 149 cm³/mol. The molecular weight excluding hydrogens is 477 g/mol. The van der Waals surface area contributed by atoms with Gasteiger partial charge in [0.05, 0.1) is 10.9 Å². The molecule has 182 valence electrons. The zero-order valence-corrected chi connectivity index (χ0v) is 21.8. The van der Waals surface area contributed by atoms with Gasteiger partial charge in [0.2, 0.25) is 0 Å². The Bertz CT molecular complexity index is 1380. The third kappa shape index (κ3) is 5.30. The van der Waals surface area contributed by atoms with Gasteiger partial charge in [-0.3, -0.25) is 9.36 Å². The summed E-state index contributed by atoms with van der Waals surface area (Å²) >= 11 is 6.08. The molecule has 0 bridgehead atoms. The van der Waals surface area contributed by atoms with Gasteiger partial charge < -0.3 is 4.90 Å². The molecule has 0 N–H and O–H groups in total. The van der Waals surface area contributed by atoms with E-state index in [0.29, 0.717) is 22.9 Å². The highest BCUT2D eigenvalue weighted by Gasteiger charge is 2.23. The number of piperidine rings is 1. The minimum absolute atomic E-state index is 0. The number of halogens is 2. The van der Waals surface area contributed by atoms with Gasteiger partial charge in [-0.1, -0.05) is 61.0 Å². The van der Waals surface area contributed by atoms with Gasteiger partial charge in [0.25, 0.3) is 5.56 Å². The summed E-state index contributed by atoms with van der Waals surface area (Å²) in [5.41, 5.74) is 4.94. The zero-order valence-electron chi connectivity index (χ0n) is 20.2. The Labute approximate surface area is 218 Å². The standard InChI is InChI=1S/C29H30ClN3O.ClH/c1-3-32-16-6-8-21(18-32)19-33-28(25-9-5-4-7-20(25)2)31-27-15-12-23(17-26(27)29(33)34)22-10-13-24(30)14-11-22;/h4-5,7,9-15,17,21H,3,6,8,16,18-19H2,1-2H3;1H. The van der Waals surface area contributed by atoms with Crippen molar-refractivity contribution in [2.75, 3.05) is 19.6 Å². The molecule has 1 saturated heterocycles. The minimum atomic E-state index is 0. The van der Waals surface area contributed by atoms with E-state index in [4.69, 9.17) is 16.6 Å². The summed E-state index contributed by atoms with van der Waals surface area (Å²) in [6.07, 6.45) is 2.31. The lowest BCUT2D eigenvalue weighted by molar-refractivity contribution is 0.169. The van der Waals surface area contributed by atoms with E-state index in [1.54, 1.807) is 0 Å². The Morgan fingerprint density at radius 2 is 1.77 bits per heavy atom. The van der Waals surface area contributed by atoms with Crippen molar-refractivity contribution in [1.29, 1.82) is 0 Å². The van der Waals surface area contributed by atoms with Crippen molar-refractivity contribution in [1.82, 2.24) is 14.5 Å². The van der Waals surface area contributed by atoms with Crippen LogP contribution < -0.4 is 5.56 Å². The second kappa shape index (κ2) is 10.9. The molecule has 2 heterocycles. The number of aromatic nitrogens is 2. The Balaban J connectivity index is 0.00000289. The molecule has 5 rings (SSSR count). The van der Waals surface area contributed by atoms with Gasteiger partial charge in [0, 0.05) is 23.7 Å². The van der Waals surface area contributed by atoms with Crippen LogP contribution in [-0.4, -0.2) is 34.1 Å². The van der Waals surface area contributed by atoms with Crippen molar-refractivity contribution >= 4 is 34.9 Å². The Morgan fingerprint density at radius 1 is 1.03 bits per heavy atom. The summed E-state index contributed by atoms with van der Waals surface area (Å²) in [5.74, 6) is 1.20. The van der Waals surface area contributed by atoms with Gasteiger partial charge in [-0.2, -0.15) is 0 Å². The molecule has 1 fully saturated rings. The molecule has 35 heavy (non-hydrogen) atoms. The van der Waals surface area contributed by atoms with Crippen molar-refractivity contribution in [3.63, 3.8) is 0 Å². The molecule has 0 spiro atoms. The molecule has 1 aliphatic rings. The summed E-state index contributed by atoms with van der Waals surface area (Å²) in [6.45, 7) is 8.21. The van der Waals surface area contributed by atoms with Crippen LogP contribution in [0.3, 0.4) is 0 Å². The lowest BCUT2D eigenvalue weighted by Gasteiger charge is -2.32. The van der Waals surface area contributed by atoms with Crippen molar-refractivity contribution in [3.05, 3.63) is 87.7 Å². The fourth-order valence-electron chi connectivity index (χ4n) is 5.09. The molecular formula is C29H31Cl2N3O. The van der Waals surface area contributed by atoms with Crippen molar-refractivity contribution < 1.29 is 0 Å². The van der Waals surface area contributed by atoms with Crippen molar-refractivity contribution in [2.45, 2.75) is 33.2 Å². The molecule has 0 radical (unpaired) electrons. The third-order valence-electron chi connectivity index (χ3n) is 7.01. The summed E-state index contributed by atoms with van der Waals surface area (Å²) < 4.78 is 1.93. The first-order valence-electron chi connectivity index (χ1n) is 12.1. The van der Waals surface area contributed by atoms with Crippen molar-refractivity contribution in [2.24, 2.45) is 5.92 Å². The van der Waals surface area contributed by atoms with Crippen LogP contribution in [0.4, 0.5) is 0 Å². The molecule has 0 amide bonds. The van der Waals surface area contributed by atoms with Crippen molar-refractivity contribution in [3.8, 4) is 22.5 Å². The zero-order chi connectivity index (χ0) is 23.7. The topological polar surface area (TPSA) is 38.1 Å². The van der Waals surface area contributed by atoms with Crippen LogP contribution in [0.5, 0.6) is 0 Å². The number of benzene rings is 3. The van der Waals surface area contributed by atoms with Gasteiger partial charge in [0.1, 0.15) is 5.82 Å². The first kappa shape index (κ1) is 25.4. The second-order valence-electron chi connectivity index (χ2n) is 9.31. The van der Waals surface area contributed by atoms with E-state index < -0.39 is 0 Å². The van der Waals surface area contributed by atoms with Crippen LogP contribution in [0.1, 0.15) is 25.3 Å². The number of fused-ring (bicyclic) bond motifs is 1. The molecule has 4 nitrogen and oxygen atoms in total. The highest BCUT2D eigenvalue weighted by atomic mass is 35.5. The van der Waals surface area contributed by atoms with Crippen LogP contribution in [0, 0.1) is 12.8 Å². The molecule has 1 aromatic heterocycles. The van der Waals surface area contributed by atoms with Gasteiger partial charge in [-0.25, -0.2) is 4.98 Å². The number of nitrogens with zero attached hydrogens (tertiary/aromatic N) is 3. The largest absolute Gasteiger partial charge is 0.303 e. The van der Waals surface area contributed by atoms with Gasteiger partial charge in [0.15, 0.2) is 0 Å². The Kier molecular flexibility index (Phi) is 7.95. The van der Waals surface area contributed by atoms with Crippen LogP contribution in [0.2, 0.25) is 5.02 Å². The van der Waals surface area contributed by atoms with Crippen LogP contribution in [0.15, 0.2) is 71.5 Å². The predicted octanol–water partition coefficient (Wildman–Crippen LogP) is 6.85. The average molecular weight is 508 g/mol. The van der Waals surface area contributed by atoms with E-state index in [1.807, 2.05) is 59.2 Å². The molecule has 0 saturated carbocycles. The number of hydrogen-bond acceptors (Lipinski definition) is 3. The van der Waals surface area contributed by atoms with Crippen LogP contribution >= 0.6 is 24.0 Å². The Morgan fingerprint density at radius 3 is 2.51 bits per heavy atom. The van der Waals surface area contributed by atoms with E-state index in [0.717, 1.165) is 59.7 Å². The first-order valence-corrected chi connectivity index (χ1v) is 12.5. The lowest BCUT2D eigenvalue weighted by Crippen LogP contribution is -2.38. The summed E-state index contributed by atoms with van der Waals surface area (Å²) in [4.78, 5) is 21.5. The molecule has 1 atom stereocenters. The SMILES string of the molecule is CCN1CCCC(Cn2c(-c3ccccc3C)nc3ccc(-c4ccc(Cl)cc4)cc3c2=O)C1.Cl. The fraction of sp³-hybridized carbons (Fsp3) is 0.310. The molecule has 4 aromatic rings. The quantitative estimate of drug-likeness (QED) is 0.296. The number of hydrogen-bond donors (Lipinski definition) is 0. The average Bonchev–Trinajstić information content (AvgIpc) is 2.86. The number of aryl methyl sites for hydroxylation is 1. The molecule has 1 unspecified atom stereocenters. The molecule has 1 aliphatic heterocycles. The minimum Gasteiger partial charge on any atom is -0.303 e. The highest BCUT2D eigenvalue weighted by molar-refractivity contribution is 6.30. The van der Waals surface area contributed by atoms with E-state index in [-0.39, 0.29) is 18.0 Å². The monoisotopic (exact) mass is 507 g/mol. The van der Waals surface area contributed by atoms with E-state index in [1.165, 1.54) is 6.42 Å². The van der Waals surface area contributed by atoms with E-state index >= 15 is 0 Å². The van der Waals surface area contributed by atoms with E-state index in [9.17, 15) is 4.79 Å². The Hall–Kier alpha value is -2.66. The van der Waals surface area contributed by atoms with Gasteiger partial charge >= 0.3 is 0 Å². The summed E-state index contributed by atoms with van der Waals surface area (Å²) in [7, 11) is 0. The first-order chi connectivity index (χ1) is 16.5. The molecule has 6 heteroatoms. The van der Waals surface area contributed by atoms with E-state index in [2.05, 4.69) is 30.9 Å². The maximum atomic E-state index is 14.0.